The molecule has 0 unspecified atom stereocenters. The van der Waals surface area contributed by atoms with Gasteiger partial charge in [0.2, 0.25) is 0 Å². The fraction of sp³-hybridized carbons (Fsp3) is 0.375. The molecule has 5 nitrogen and oxygen atoms in total. The first-order valence-electron chi connectivity index (χ1n) is 7.37. The summed E-state index contributed by atoms with van der Waals surface area (Å²) in [6.45, 7) is 3.73. The van der Waals surface area contributed by atoms with Crippen LogP contribution in [0.2, 0.25) is 0 Å². The molecule has 0 aliphatic heterocycles. The summed E-state index contributed by atoms with van der Waals surface area (Å²) in [5.74, 6) is 1.70. The summed E-state index contributed by atoms with van der Waals surface area (Å²) in [7, 11) is 1.78. The van der Waals surface area contributed by atoms with Crippen molar-refractivity contribution in [2.45, 2.75) is 26.3 Å². The summed E-state index contributed by atoms with van der Waals surface area (Å²) in [6.07, 6.45) is 4.17. The number of aliphatic imine (C=N–C) groups is 1. The molecule has 5 heteroatoms. The molecule has 0 fully saturated rings. The lowest BCUT2D eigenvalue weighted by molar-refractivity contribution is 0.722. The predicted octanol–water partition coefficient (Wildman–Crippen LogP) is 2.54. The second-order valence-electron chi connectivity index (χ2n) is 4.82. The van der Waals surface area contributed by atoms with E-state index >= 15 is 0 Å². The largest absolute Gasteiger partial charge is 0.356 e. The average molecular weight is 285 g/mol. The number of nitrogens with zero attached hydrogens (tertiary/aromatic N) is 2. The Balaban J connectivity index is 1.88. The van der Waals surface area contributed by atoms with Gasteiger partial charge in [-0.15, -0.1) is 0 Å². The maximum Gasteiger partial charge on any atom is 0.191 e. The first-order valence-corrected chi connectivity index (χ1v) is 7.37. The van der Waals surface area contributed by atoms with Crippen LogP contribution in [0.5, 0.6) is 0 Å². The van der Waals surface area contributed by atoms with E-state index in [2.05, 4.69) is 44.7 Å². The van der Waals surface area contributed by atoms with E-state index in [0.717, 1.165) is 36.0 Å². The van der Waals surface area contributed by atoms with Gasteiger partial charge in [0, 0.05) is 13.6 Å². The Hall–Kier alpha value is -2.30. The topological polar surface area (TPSA) is 65.1 Å². The highest BCUT2D eigenvalue weighted by molar-refractivity contribution is 5.79. The molecule has 3 N–H and O–H groups in total. The third-order valence-corrected chi connectivity index (χ3v) is 3.18. The van der Waals surface area contributed by atoms with E-state index in [1.807, 2.05) is 24.4 Å². The Bertz CT molecular complexity index is 559. The fourth-order valence-electron chi connectivity index (χ4n) is 1.99. The molecule has 0 spiro atoms. The molecule has 0 aliphatic carbocycles. The third-order valence-electron chi connectivity index (χ3n) is 3.18. The number of benzene rings is 1. The molecule has 2 rings (SSSR count). The molecule has 0 bridgehead atoms. The van der Waals surface area contributed by atoms with E-state index in [9.17, 15) is 0 Å². The van der Waals surface area contributed by atoms with Crippen molar-refractivity contribution in [3.8, 4) is 11.3 Å². The lowest BCUT2D eigenvalue weighted by Crippen LogP contribution is -2.37. The van der Waals surface area contributed by atoms with Crippen molar-refractivity contribution in [1.29, 1.82) is 0 Å². The Labute approximate surface area is 125 Å². The number of imidazole rings is 1. The van der Waals surface area contributed by atoms with Crippen LogP contribution in [0.4, 0.5) is 0 Å². The lowest BCUT2D eigenvalue weighted by Gasteiger charge is -2.10. The van der Waals surface area contributed by atoms with Gasteiger partial charge in [0.05, 0.1) is 18.4 Å². The van der Waals surface area contributed by atoms with E-state index < -0.39 is 0 Å². The zero-order valence-electron chi connectivity index (χ0n) is 12.7. The molecule has 1 aromatic carbocycles. The smallest absolute Gasteiger partial charge is 0.191 e. The number of guanidine groups is 1. The van der Waals surface area contributed by atoms with E-state index in [1.165, 1.54) is 6.42 Å². The van der Waals surface area contributed by atoms with Crippen molar-refractivity contribution in [3.63, 3.8) is 0 Å². The lowest BCUT2D eigenvalue weighted by atomic mass is 10.2. The number of rotatable bonds is 6. The first-order chi connectivity index (χ1) is 10.3. The van der Waals surface area contributed by atoms with E-state index in [0.29, 0.717) is 6.54 Å². The summed E-state index contributed by atoms with van der Waals surface area (Å²) < 4.78 is 0. The fourth-order valence-corrected chi connectivity index (χ4v) is 1.99. The Kier molecular flexibility index (Phi) is 5.82. The van der Waals surface area contributed by atoms with Crippen molar-refractivity contribution in [2.24, 2.45) is 4.99 Å². The van der Waals surface area contributed by atoms with Crippen molar-refractivity contribution < 1.29 is 0 Å². The molecule has 21 heavy (non-hydrogen) atoms. The Morgan fingerprint density at radius 1 is 1.24 bits per heavy atom. The minimum atomic E-state index is 0.624. The van der Waals surface area contributed by atoms with Gasteiger partial charge in [-0.3, -0.25) is 4.99 Å². The normalized spacial score (nSPS) is 11.4. The zero-order valence-corrected chi connectivity index (χ0v) is 12.7. The van der Waals surface area contributed by atoms with Gasteiger partial charge in [0.1, 0.15) is 5.82 Å². The molecule has 0 saturated carbocycles. The van der Waals surface area contributed by atoms with Gasteiger partial charge in [0.15, 0.2) is 5.96 Å². The second-order valence-corrected chi connectivity index (χ2v) is 4.82. The molecule has 0 atom stereocenters. The second kappa shape index (κ2) is 8.09. The maximum atomic E-state index is 4.39. The molecule has 0 radical (unpaired) electrons. The minimum Gasteiger partial charge on any atom is -0.356 e. The van der Waals surface area contributed by atoms with Crippen molar-refractivity contribution >= 4 is 5.96 Å². The summed E-state index contributed by atoms with van der Waals surface area (Å²) in [6, 6.07) is 10.2. The van der Waals surface area contributed by atoms with E-state index in [4.69, 9.17) is 0 Å². The van der Waals surface area contributed by atoms with E-state index in [-0.39, 0.29) is 0 Å². The van der Waals surface area contributed by atoms with Crippen LogP contribution in [0.25, 0.3) is 11.3 Å². The number of aromatic amines is 1. The third kappa shape index (κ3) is 4.63. The standard InChI is InChI=1S/C16H23N5/c1-3-4-10-18-16(17-2)20-12-15-19-11-14(21-15)13-8-6-5-7-9-13/h5-9,11H,3-4,10,12H2,1-2H3,(H,19,21)(H2,17,18,20). The maximum absolute atomic E-state index is 4.39. The summed E-state index contributed by atoms with van der Waals surface area (Å²) in [5, 5.41) is 6.53. The Morgan fingerprint density at radius 3 is 2.76 bits per heavy atom. The molecule has 2 aromatic rings. The summed E-state index contributed by atoms with van der Waals surface area (Å²) in [5.41, 5.74) is 2.17. The van der Waals surface area contributed by atoms with Crippen molar-refractivity contribution in [1.82, 2.24) is 20.6 Å². The number of unbranched alkanes of at least 4 members (excludes halogenated alkanes) is 1. The summed E-state index contributed by atoms with van der Waals surface area (Å²) in [4.78, 5) is 11.9. The van der Waals surface area contributed by atoms with Crippen LogP contribution in [0.3, 0.4) is 0 Å². The quantitative estimate of drug-likeness (QED) is 0.434. The molecule has 112 valence electrons. The van der Waals surface area contributed by atoms with Gasteiger partial charge in [-0.2, -0.15) is 0 Å². The van der Waals surface area contributed by atoms with Gasteiger partial charge in [-0.05, 0) is 12.0 Å². The van der Waals surface area contributed by atoms with Crippen molar-refractivity contribution in [3.05, 3.63) is 42.4 Å². The first kappa shape index (κ1) is 15.1. The van der Waals surface area contributed by atoms with Crippen LogP contribution in [0.1, 0.15) is 25.6 Å². The van der Waals surface area contributed by atoms with Gasteiger partial charge in [0.25, 0.3) is 0 Å². The van der Waals surface area contributed by atoms with Gasteiger partial charge in [-0.1, -0.05) is 43.7 Å². The number of nitrogens with one attached hydrogen (secondary N) is 3. The monoisotopic (exact) mass is 285 g/mol. The Morgan fingerprint density at radius 2 is 2.05 bits per heavy atom. The highest BCUT2D eigenvalue weighted by atomic mass is 15.2. The molecular formula is C16H23N5. The zero-order chi connectivity index (χ0) is 14.9. The van der Waals surface area contributed by atoms with Crippen LogP contribution in [-0.2, 0) is 6.54 Å². The molecular weight excluding hydrogens is 262 g/mol. The van der Waals surface area contributed by atoms with Crippen LogP contribution in [-0.4, -0.2) is 29.5 Å². The van der Waals surface area contributed by atoms with Crippen LogP contribution >= 0.6 is 0 Å². The van der Waals surface area contributed by atoms with Gasteiger partial charge >= 0.3 is 0 Å². The molecule has 0 saturated heterocycles. The SMILES string of the molecule is CCCCNC(=NC)NCc1ncc(-c2ccccc2)[nH]1. The number of hydrogen-bond donors (Lipinski definition) is 3. The number of H-pyrrole nitrogens is 1. The summed E-state index contributed by atoms with van der Waals surface area (Å²) >= 11 is 0. The van der Waals surface area contributed by atoms with Crippen LogP contribution in [0, 0.1) is 0 Å². The minimum absolute atomic E-state index is 0.624. The van der Waals surface area contributed by atoms with Crippen molar-refractivity contribution in [2.75, 3.05) is 13.6 Å². The van der Waals surface area contributed by atoms with Gasteiger partial charge < -0.3 is 15.6 Å². The van der Waals surface area contributed by atoms with Crippen LogP contribution < -0.4 is 10.6 Å². The highest BCUT2D eigenvalue weighted by Gasteiger charge is 2.03. The molecule has 1 aromatic heterocycles. The number of hydrogen-bond acceptors (Lipinski definition) is 2. The van der Waals surface area contributed by atoms with Gasteiger partial charge in [-0.25, -0.2) is 4.98 Å². The molecule has 1 heterocycles. The average Bonchev–Trinajstić information content (AvgIpc) is 3.00. The van der Waals surface area contributed by atoms with E-state index in [1.54, 1.807) is 7.05 Å². The highest BCUT2D eigenvalue weighted by Crippen LogP contribution is 2.15. The number of aromatic nitrogens is 2. The van der Waals surface area contributed by atoms with Crippen LogP contribution in [0.15, 0.2) is 41.5 Å². The molecule has 0 aliphatic rings. The molecule has 0 amide bonds. The predicted molar refractivity (Wildman–Crippen MR) is 87.1 cm³/mol.